The summed E-state index contributed by atoms with van der Waals surface area (Å²) in [5.74, 6) is -0.205. The number of allylic oxidation sites excluding steroid dienone is 1. The number of carbonyl (C=O) groups excluding carboxylic acids is 2. The van der Waals surface area contributed by atoms with E-state index in [1.165, 1.54) is 11.8 Å². The number of fused-ring (bicyclic) bond motifs is 3. The topological polar surface area (TPSA) is 37.4 Å². The van der Waals surface area contributed by atoms with E-state index in [0.29, 0.717) is 10.6 Å². The number of anilines is 1. The zero-order valence-electron chi connectivity index (χ0n) is 19.8. The van der Waals surface area contributed by atoms with Gasteiger partial charge in [0.25, 0.3) is 5.91 Å². The van der Waals surface area contributed by atoms with Crippen LogP contribution in [0.15, 0.2) is 126 Å². The van der Waals surface area contributed by atoms with Crippen molar-refractivity contribution in [1.29, 1.82) is 0 Å². The second-order valence-corrected chi connectivity index (χ2v) is 10.5. The lowest BCUT2D eigenvalue weighted by Gasteiger charge is -2.30. The summed E-state index contributed by atoms with van der Waals surface area (Å²) in [6, 6.07) is 34.3. The monoisotopic (exact) mass is 519 g/mol. The van der Waals surface area contributed by atoms with Gasteiger partial charge in [-0.1, -0.05) is 84.4 Å². The molecule has 2 heterocycles. The van der Waals surface area contributed by atoms with Gasteiger partial charge in [0.1, 0.15) is 5.41 Å². The molecule has 6 rings (SSSR count). The number of carbonyl (C=O) groups is 2. The molecule has 0 aliphatic carbocycles. The zero-order chi connectivity index (χ0) is 25.4. The number of para-hydroxylation sites is 1. The molecule has 37 heavy (non-hydrogen) atoms. The largest absolute Gasteiger partial charge is 0.293 e. The minimum Gasteiger partial charge on any atom is -0.293 e. The molecule has 2 aliphatic heterocycles. The molecular weight excluding hydrogens is 498 g/mol. The summed E-state index contributed by atoms with van der Waals surface area (Å²) in [4.78, 5) is 32.0. The van der Waals surface area contributed by atoms with E-state index in [-0.39, 0.29) is 17.4 Å². The molecule has 1 atom stereocenters. The van der Waals surface area contributed by atoms with Crippen molar-refractivity contribution in [1.82, 2.24) is 0 Å². The second-order valence-electron chi connectivity index (χ2n) is 9.00. The van der Waals surface area contributed by atoms with Crippen molar-refractivity contribution in [3.63, 3.8) is 0 Å². The fraction of sp³-hybridized carbons (Fsp3) is 0.0625. The van der Waals surface area contributed by atoms with Gasteiger partial charge in [0, 0.05) is 26.8 Å². The molecule has 1 amide bonds. The number of hydrogen-bond donors (Lipinski definition) is 0. The summed E-state index contributed by atoms with van der Waals surface area (Å²) in [5, 5.41) is 0.540. The molecule has 0 spiro atoms. The first-order chi connectivity index (χ1) is 18.1. The van der Waals surface area contributed by atoms with Gasteiger partial charge in [-0.05, 0) is 59.7 Å². The fourth-order valence-electron chi connectivity index (χ4n) is 5.10. The van der Waals surface area contributed by atoms with E-state index in [4.69, 9.17) is 11.6 Å². The number of benzene rings is 4. The summed E-state index contributed by atoms with van der Waals surface area (Å²) >= 11 is 7.67. The molecule has 0 saturated carbocycles. The molecule has 0 N–H and O–H groups in total. The standard InChI is InChI=1S/C32H22ClNO2S/c33-25-18-15-24(16-19-25)30(35)32(21-37-26-12-5-2-6-13-26)29(23-10-3-1-4-11-23)28-20-17-22-9-7-8-14-27(22)34(28)31(32)36/h1-20H,21H2. The third-order valence-electron chi connectivity index (χ3n) is 6.85. The lowest BCUT2D eigenvalue weighted by Crippen LogP contribution is -2.45. The lowest BCUT2D eigenvalue weighted by molar-refractivity contribution is -0.121. The van der Waals surface area contributed by atoms with Crippen LogP contribution in [0.3, 0.4) is 0 Å². The number of hydrogen-bond acceptors (Lipinski definition) is 3. The van der Waals surface area contributed by atoms with Gasteiger partial charge in [-0.2, -0.15) is 0 Å². The Hall–Kier alpha value is -3.86. The Bertz CT molecular complexity index is 1560. The van der Waals surface area contributed by atoms with Gasteiger partial charge in [0.15, 0.2) is 5.78 Å². The summed E-state index contributed by atoms with van der Waals surface area (Å²) in [5.41, 5.74) is 3.07. The molecule has 180 valence electrons. The van der Waals surface area contributed by atoms with Gasteiger partial charge in [-0.25, -0.2) is 0 Å². The lowest BCUT2D eigenvalue weighted by atomic mass is 9.73. The molecule has 3 nitrogen and oxygen atoms in total. The fourth-order valence-corrected chi connectivity index (χ4v) is 6.36. The Labute approximate surface area is 225 Å². The quantitative estimate of drug-likeness (QED) is 0.148. The van der Waals surface area contributed by atoms with E-state index < -0.39 is 5.41 Å². The van der Waals surface area contributed by atoms with Crippen molar-refractivity contribution in [2.45, 2.75) is 4.90 Å². The average Bonchev–Trinajstić information content (AvgIpc) is 3.21. The van der Waals surface area contributed by atoms with Crippen LogP contribution in [-0.4, -0.2) is 17.4 Å². The van der Waals surface area contributed by atoms with E-state index in [2.05, 4.69) is 0 Å². The molecule has 0 bridgehead atoms. The van der Waals surface area contributed by atoms with Crippen molar-refractivity contribution in [2.75, 3.05) is 10.7 Å². The maximum Gasteiger partial charge on any atom is 0.251 e. The molecular formula is C32H22ClNO2S. The smallest absolute Gasteiger partial charge is 0.251 e. The maximum absolute atomic E-state index is 14.7. The minimum atomic E-state index is -1.44. The maximum atomic E-state index is 14.7. The highest BCUT2D eigenvalue weighted by Crippen LogP contribution is 2.54. The van der Waals surface area contributed by atoms with Crippen LogP contribution in [-0.2, 0) is 4.79 Å². The van der Waals surface area contributed by atoms with E-state index in [0.717, 1.165) is 33.0 Å². The molecule has 4 aromatic rings. The van der Waals surface area contributed by atoms with Crippen molar-refractivity contribution >= 4 is 52.4 Å². The molecule has 0 aromatic heterocycles. The van der Waals surface area contributed by atoms with Gasteiger partial charge in [0.2, 0.25) is 0 Å². The normalized spacial score (nSPS) is 18.1. The van der Waals surface area contributed by atoms with Crippen LogP contribution in [0.25, 0.3) is 11.6 Å². The van der Waals surface area contributed by atoms with Crippen LogP contribution < -0.4 is 4.90 Å². The Morgan fingerprint density at radius 1 is 0.784 bits per heavy atom. The molecule has 4 aromatic carbocycles. The molecule has 2 aliphatic rings. The predicted octanol–water partition coefficient (Wildman–Crippen LogP) is 7.79. The number of Topliss-reactive ketones (excluding diaryl/α,β-unsaturated/α-hetero) is 1. The summed E-state index contributed by atoms with van der Waals surface area (Å²) < 4.78 is 0. The third kappa shape index (κ3) is 3.93. The molecule has 0 radical (unpaired) electrons. The Kier molecular flexibility index (Phi) is 6.07. The number of halogens is 1. The minimum absolute atomic E-state index is 0.232. The number of thioether (sulfide) groups is 1. The molecule has 0 fully saturated rings. The van der Waals surface area contributed by atoms with Crippen molar-refractivity contribution in [3.05, 3.63) is 143 Å². The Morgan fingerprint density at radius 3 is 2.16 bits per heavy atom. The highest BCUT2D eigenvalue weighted by Gasteiger charge is 2.58. The SMILES string of the molecule is O=C(c1ccc(Cl)cc1)C1(CSc2ccccc2)C(=O)N2C(=C1c1ccccc1)C=Cc1ccccc12. The number of ketones is 1. The zero-order valence-corrected chi connectivity index (χ0v) is 21.4. The Morgan fingerprint density at radius 2 is 1.43 bits per heavy atom. The number of rotatable bonds is 6. The summed E-state index contributed by atoms with van der Waals surface area (Å²) in [6.07, 6.45) is 3.98. The number of nitrogens with zero attached hydrogens (tertiary/aromatic N) is 1. The van der Waals surface area contributed by atoms with Crippen LogP contribution in [0.1, 0.15) is 21.5 Å². The first-order valence-electron chi connectivity index (χ1n) is 12.0. The van der Waals surface area contributed by atoms with Crippen LogP contribution in [0.4, 0.5) is 5.69 Å². The van der Waals surface area contributed by atoms with Gasteiger partial charge < -0.3 is 0 Å². The van der Waals surface area contributed by atoms with Crippen molar-refractivity contribution < 1.29 is 9.59 Å². The van der Waals surface area contributed by atoms with Crippen LogP contribution in [0, 0.1) is 5.41 Å². The molecule has 0 saturated heterocycles. The van der Waals surface area contributed by atoms with Crippen LogP contribution >= 0.6 is 23.4 Å². The highest BCUT2D eigenvalue weighted by atomic mass is 35.5. The van der Waals surface area contributed by atoms with E-state index in [1.807, 2.05) is 97.1 Å². The first kappa shape index (κ1) is 23.5. The Balaban J connectivity index is 1.60. The van der Waals surface area contributed by atoms with Gasteiger partial charge in [0.05, 0.1) is 11.4 Å². The van der Waals surface area contributed by atoms with Gasteiger partial charge >= 0.3 is 0 Å². The van der Waals surface area contributed by atoms with Crippen molar-refractivity contribution in [3.8, 4) is 0 Å². The first-order valence-corrected chi connectivity index (χ1v) is 13.4. The molecule has 5 heteroatoms. The van der Waals surface area contributed by atoms with Crippen molar-refractivity contribution in [2.24, 2.45) is 5.41 Å². The van der Waals surface area contributed by atoms with Crippen LogP contribution in [0.5, 0.6) is 0 Å². The summed E-state index contributed by atoms with van der Waals surface area (Å²) in [7, 11) is 0. The van der Waals surface area contributed by atoms with E-state index in [9.17, 15) is 9.59 Å². The average molecular weight is 520 g/mol. The van der Waals surface area contributed by atoms with E-state index in [1.54, 1.807) is 29.2 Å². The summed E-state index contributed by atoms with van der Waals surface area (Å²) in [6.45, 7) is 0. The number of amides is 1. The third-order valence-corrected chi connectivity index (χ3v) is 8.28. The van der Waals surface area contributed by atoms with E-state index >= 15 is 0 Å². The second kappa shape index (κ2) is 9.55. The molecule has 1 unspecified atom stereocenters. The highest BCUT2D eigenvalue weighted by molar-refractivity contribution is 7.99. The van der Waals surface area contributed by atoms with Gasteiger partial charge in [-0.15, -0.1) is 11.8 Å². The van der Waals surface area contributed by atoms with Gasteiger partial charge in [-0.3, -0.25) is 14.5 Å². The predicted molar refractivity (Wildman–Crippen MR) is 152 cm³/mol. The van der Waals surface area contributed by atoms with Crippen LogP contribution in [0.2, 0.25) is 5.02 Å².